The number of aromatic nitrogens is 1. The summed E-state index contributed by atoms with van der Waals surface area (Å²) in [6.45, 7) is 8.79. The Morgan fingerprint density at radius 1 is 1.00 bits per heavy atom. The molecule has 5 nitrogen and oxygen atoms in total. The lowest BCUT2D eigenvalue weighted by Gasteiger charge is -2.32. The zero-order valence-corrected chi connectivity index (χ0v) is 21.6. The summed E-state index contributed by atoms with van der Waals surface area (Å²) in [5, 5.41) is 2.01. The molecule has 0 aliphatic carbocycles. The molecule has 176 valence electrons. The topological polar surface area (TPSA) is 45.6 Å². The summed E-state index contributed by atoms with van der Waals surface area (Å²) in [6.07, 6.45) is 3.22. The molecule has 1 saturated heterocycles. The third kappa shape index (κ3) is 4.11. The third-order valence-corrected chi connectivity index (χ3v) is 9.30. The first kappa shape index (κ1) is 23.3. The number of benzene rings is 3. The first-order chi connectivity index (χ1) is 16.4. The van der Waals surface area contributed by atoms with E-state index in [4.69, 9.17) is 0 Å². The molecule has 0 N–H and O–H groups in total. The molecular weight excluding hydrogens is 510 g/mol. The molecule has 0 bridgehead atoms. The second-order valence-electron chi connectivity index (χ2n) is 8.93. The predicted octanol–water partition coefficient (Wildman–Crippen LogP) is 5.41. The Hall–Kier alpha value is -2.45. The third-order valence-electron chi connectivity index (χ3n) is 6.76. The highest BCUT2D eigenvalue weighted by Crippen LogP contribution is 2.37. The van der Waals surface area contributed by atoms with Crippen LogP contribution in [0.3, 0.4) is 0 Å². The van der Waals surface area contributed by atoms with Crippen LogP contribution in [0.15, 0.2) is 84.0 Å². The van der Waals surface area contributed by atoms with Crippen LogP contribution in [0, 0.1) is 0 Å². The van der Waals surface area contributed by atoms with Crippen molar-refractivity contribution in [2.45, 2.75) is 11.8 Å². The summed E-state index contributed by atoms with van der Waals surface area (Å²) in [4.78, 5) is 4.76. The van der Waals surface area contributed by atoms with Crippen LogP contribution in [0.5, 0.6) is 0 Å². The fourth-order valence-corrected chi connectivity index (χ4v) is 7.39. The second kappa shape index (κ2) is 9.30. The van der Waals surface area contributed by atoms with Gasteiger partial charge in [0.15, 0.2) is 0 Å². The SMILES string of the molecule is C=CC(c1cccc2ccccc12)S(=O)(=O)n1cc(Br)c2c(CN3CCN(C)CC3)cccc21. The van der Waals surface area contributed by atoms with Crippen LogP contribution < -0.4 is 0 Å². The van der Waals surface area contributed by atoms with Crippen LogP contribution in [0.1, 0.15) is 16.4 Å². The largest absolute Gasteiger partial charge is 0.304 e. The highest BCUT2D eigenvalue weighted by Gasteiger charge is 2.30. The van der Waals surface area contributed by atoms with Crippen LogP contribution in [-0.4, -0.2) is 55.4 Å². The van der Waals surface area contributed by atoms with Gasteiger partial charge < -0.3 is 4.90 Å². The van der Waals surface area contributed by atoms with Crippen molar-refractivity contribution >= 4 is 47.6 Å². The van der Waals surface area contributed by atoms with E-state index in [1.54, 1.807) is 6.20 Å². The van der Waals surface area contributed by atoms with Gasteiger partial charge in [-0.15, -0.1) is 6.58 Å². The average Bonchev–Trinajstić information content (AvgIpc) is 3.19. The number of nitrogens with zero attached hydrogens (tertiary/aromatic N) is 3. The van der Waals surface area contributed by atoms with E-state index in [0.29, 0.717) is 5.52 Å². The number of piperazine rings is 1. The summed E-state index contributed by atoms with van der Waals surface area (Å²) in [5.74, 6) is 0. The monoisotopic (exact) mass is 537 g/mol. The van der Waals surface area contributed by atoms with E-state index in [1.807, 2.05) is 54.6 Å². The van der Waals surface area contributed by atoms with Crippen molar-refractivity contribution in [3.05, 3.63) is 95.1 Å². The van der Waals surface area contributed by atoms with Gasteiger partial charge in [-0.3, -0.25) is 4.90 Å². The number of hydrogen-bond acceptors (Lipinski definition) is 4. The van der Waals surface area contributed by atoms with Gasteiger partial charge in [0.1, 0.15) is 5.25 Å². The summed E-state index contributed by atoms with van der Waals surface area (Å²) in [7, 11) is -1.67. The minimum Gasteiger partial charge on any atom is -0.304 e. The number of rotatable bonds is 6. The van der Waals surface area contributed by atoms with Gasteiger partial charge in [-0.2, -0.15) is 0 Å². The zero-order chi connectivity index (χ0) is 23.9. The molecule has 3 aromatic carbocycles. The van der Waals surface area contributed by atoms with Crippen LogP contribution >= 0.6 is 15.9 Å². The van der Waals surface area contributed by atoms with E-state index in [2.05, 4.69) is 45.4 Å². The van der Waals surface area contributed by atoms with Gasteiger partial charge in [-0.1, -0.05) is 60.7 Å². The summed E-state index contributed by atoms with van der Waals surface area (Å²) >= 11 is 3.66. The van der Waals surface area contributed by atoms with E-state index in [-0.39, 0.29) is 0 Å². The minimum absolute atomic E-state index is 0.686. The van der Waals surface area contributed by atoms with E-state index in [9.17, 15) is 8.42 Å². The Morgan fingerprint density at radius 3 is 2.47 bits per heavy atom. The number of halogens is 1. The van der Waals surface area contributed by atoms with Gasteiger partial charge in [0.2, 0.25) is 10.0 Å². The number of hydrogen-bond donors (Lipinski definition) is 0. The summed E-state index contributed by atoms with van der Waals surface area (Å²) in [6, 6.07) is 19.6. The maximum atomic E-state index is 14.0. The Kier molecular flexibility index (Phi) is 6.37. The summed E-state index contributed by atoms with van der Waals surface area (Å²) in [5.41, 5.74) is 2.55. The molecule has 0 spiro atoms. The standard InChI is InChI=1S/C27H28BrN3O2S/c1-3-26(23-12-6-9-20-8-4-5-11-22(20)23)34(32,33)31-19-24(28)27-21(10-7-13-25(27)31)18-30-16-14-29(2)15-17-30/h3-13,19,26H,1,14-18H2,2H3. The molecule has 1 aliphatic rings. The molecular formula is C27H28BrN3O2S. The minimum atomic E-state index is -3.81. The molecule has 1 fully saturated rings. The van der Waals surface area contributed by atoms with Crippen molar-refractivity contribution in [2.24, 2.45) is 0 Å². The first-order valence-corrected chi connectivity index (χ1v) is 13.7. The highest BCUT2D eigenvalue weighted by molar-refractivity contribution is 9.10. The number of fused-ring (bicyclic) bond motifs is 2. The fraction of sp³-hybridized carbons (Fsp3) is 0.259. The van der Waals surface area contributed by atoms with Crippen molar-refractivity contribution < 1.29 is 8.42 Å². The average molecular weight is 539 g/mol. The molecule has 5 rings (SSSR count). The maximum Gasteiger partial charge on any atom is 0.249 e. The Labute approximate surface area is 209 Å². The van der Waals surface area contributed by atoms with Crippen LogP contribution in [0.2, 0.25) is 0 Å². The quantitative estimate of drug-likeness (QED) is 0.308. The molecule has 4 aromatic rings. The lowest BCUT2D eigenvalue weighted by atomic mass is 10.0. The molecule has 1 unspecified atom stereocenters. The maximum absolute atomic E-state index is 14.0. The van der Waals surface area contributed by atoms with Gasteiger partial charge in [-0.05, 0) is 50.9 Å². The lowest BCUT2D eigenvalue weighted by molar-refractivity contribution is 0.148. The van der Waals surface area contributed by atoms with Crippen LogP contribution in [-0.2, 0) is 16.6 Å². The Morgan fingerprint density at radius 2 is 1.71 bits per heavy atom. The van der Waals surface area contributed by atoms with Crippen molar-refractivity contribution in [1.82, 2.24) is 13.8 Å². The molecule has 1 atom stereocenters. The van der Waals surface area contributed by atoms with Crippen LogP contribution in [0.4, 0.5) is 0 Å². The predicted molar refractivity (Wildman–Crippen MR) is 144 cm³/mol. The van der Waals surface area contributed by atoms with E-state index in [0.717, 1.165) is 64.5 Å². The lowest BCUT2D eigenvalue weighted by Crippen LogP contribution is -2.43. The molecule has 0 amide bonds. The molecule has 0 saturated carbocycles. The Balaban J connectivity index is 1.58. The molecule has 1 aliphatic heterocycles. The normalized spacial score (nSPS) is 16.8. The van der Waals surface area contributed by atoms with Crippen molar-refractivity contribution in [2.75, 3.05) is 33.2 Å². The van der Waals surface area contributed by atoms with Gasteiger partial charge in [0.25, 0.3) is 0 Å². The molecule has 2 heterocycles. The van der Waals surface area contributed by atoms with Gasteiger partial charge in [0, 0.05) is 48.8 Å². The molecule has 7 heteroatoms. The highest BCUT2D eigenvalue weighted by atomic mass is 79.9. The van der Waals surface area contributed by atoms with E-state index in [1.165, 1.54) is 10.0 Å². The second-order valence-corrected chi connectivity index (χ2v) is 11.7. The number of likely N-dealkylation sites (N-methyl/N-ethyl adjacent to an activating group) is 1. The molecule has 0 radical (unpaired) electrons. The molecule has 1 aromatic heterocycles. The van der Waals surface area contributed by atoms with Gasteiger partial charge >= 0.3 is 0 Å². The molecule has 34 heavy (non-hydrogen) atoms. The van der Waals surface area contributed by atoms with E-state index < -0.39 is 15.3 Å². The Bertz CT molecular complexity index is 1460. The van der Waals surface area contributed by atoms with E-state index >= 15 is 0 Å². The van der Waals surface area contributed by atoms with Crippen LogP contribution in [0.25, 0.3) is 21.7 Å². The van der Waals surface area contributed by atoms with Crippen molar-refractivity contribution in [3.8, 4) is 0 Å². The zero-order valence-electron chi connectivity index (χ0n) is 19.2. The van der Waals surface area contributed by atoms with Gasteiger partial charge in [0.05, 0.1) is 5.52 Å². The van der Waals surface area contributed by atoms with Crippen molar-refractivity contribution in [1.29, 1.82) is 0 Å². The van der Waals surface area contributed by atoms with Crippen molar-refractivity contribution in [3.63, 3.8) is 0 Å². The first-order valence-electron chi connectivity index (χ1n) is 11.4. The summed E-state index contributed by atoms with van der Waals surface area (Å²) < 4.78 is 30.3. The fourth-order valence-electron chi connectivity index (χ4n) is 4.90. The van der Waals surface area contributed by atoms with Gasteiger partial charge in [-0.25, -0.2) is 12.4 Å². The smallest absolute Gasteiger partial charge is 0.249 e.